The smallest absolute Gasteiger partial charge is 0.0872 e. The van der Waals surface area contributed by atoms with Gasteiger partial charge in [-0.05, 0) is 26.3 Å². The fourth-order valence-electron chi connectivity index (χ4n) is 2.27. The zero-order valence-corrected chi connectivity index (χ0v) is 7.71. The van der Waals surface area contributed by atoms with E-state index >= 15 is 0 Å². The highest BCUT2D eigenvalue weighted by Crippen LogP contribution is 2.20. The van der Waals surface area contributed by atoms with Crippen molar-refractivity contribution in [1.29, 1.82) is 0 Å². The molecule has 3 heteroatoms. The summed E-state index contributed by atoms with van der Waals surface area (Å²) in [6, 6.07) is 0.682. The third kappa shape index (κ3) is 1.79. The summed E-state index contributed by atoms with van der Waals surface area (Å²) in [5.41, 5.74) is -0.404. The Balaban J connectivity index is 1.69. The van der Waals surface area contributed by atoms with Crippen LogP contribution in [0.15, 0.2) is 0 Å². The Morgan fingerprint density at radius 2 is 2.33 bits per heavy atom. The van der Waals surface area contributed by atoms with Crippen LogP contribution in [-0.2, 0) is 0 Å². The Labute approximate surface area is 73.8 Å². The molecule has 0 aromatic heterocycles. The van der Waals surface area contributed by atoms with Crippen molar-refractivity contribution >= 4 is 0 Å². The molecular weight excluding hydrogens is 152 g/mol. The zero-order chi connectivity index (χ0) is 8.60. The van der Waals surface area contributed by atoms with Gasteiger partial charge in [0, 0.05) is 25.7 Å². The summed E-state index contributed by atoms with van der Waals surface area (Å²) in [6.45, 7) is 5.91. The molecule has 12 heavy (non-hydrogen) atoms. The summed E-state index contributed by atoms with van der Waals surface area (Å²) in [5.74, 6) is 0. The molecule has 0 saturated carbocycles. The minimum atomic E-state index is -0.404. The van der Waals surface area contributed by atoms with E-state index in [2.05, 4.69) is 10.2 Å². The molecule has 0 radical (unpaired) electrons. The summed E-state index contributed by atoms with van der Waals surface area (Å²) >= 11 is 0. The fourth-order valence-corrected chi connectivity index (χ4v) is 2.27. The largest absolute Gasteiger partial charge is 0.388 e. The highest BCUT2D eigenvalue weighted by Gasteiger charge is 2.37. The third-order valence-electron chi connectivity index (χ3n) is 2.77. The summed E-state index contributed by atoms with van der Waals surface area (Å²) in [4.78, 5) is 2.32. The molecule has 0 aromatic carbocycles. The van der Waals surface area contributed by atoms with Gasteiger partial charge < -0.3 is 10.4 Å². The molecule has 2 rings (SSSR count). The monoisotopic (exact) mass is 170 g/mol. The molecule has 2 aliphatic heterocycles. The lowest BCUT2D eigenvalue weighted by Gasteiger charge is -2.45. The van der Waals surface area contributed by atoms with Gasteiger partial charge in [0.2, 0.25) is 0 Å². The van der Waals surface area contributed by atoms with Crippen LogP contribution in [0.5, 0.6) is 0 Å². The average molecular weight is 170 g/mol. The zero-order valence-electron chi connectivity index (χ0n) is 7.71. The molecule has 2 fully saturated rings. The number of likely N-dealkylation sites (tertiary alicyclic amines) is 1. The average Bonchev–Trinajstić information content (AvgIpc) is 2.35. The van der Waals surface area contributed by atoms with E-state index < -0.39 is 5.60 Å². The van der Waals surface area contributed by atoms with Crippen LogP contribution >= 0.6 is 0 Å². The third-order valence-corrected chi connectivity index (χ3v) is 2.77. The van der Waals surface area contributed by atoms with Gasteiger partial charge in [0.25, 0.3) is 0 Å². The number of nitrogens with one attached hydrogen (secondary N) is 1. The normalized spacial score (nSPS) is 35.0. The van der Waals surface area contributed by atoms with E-state index in [9.17, 15) is 5.11 Å². The van der Waals surface area contributed by atoms with Crippen molar-refractivity contribution in [3.05, 3.63) is 0 Å². The molecule has 0 aliphatic carbocycles. The molecular formula is C9H18N2O. The maximum absolute atomic E-state index is 9.50. The minimum Gasteiger partial charge on any atom is -0.388 e. The molecule has 2 aliphatic rings. The maximum Gasteiger partial charge on any atom is 0.0872 e. The van der Waals surface area contributed by atoms with Gasteiger partial charge >= 0.3 is 0 Å². The van der Waals surface area contributed by atoms with Gasteiger partial charge in [-0.25, -0.2) is 0 Å². The Morgan fingerprint density at radius 3 is 2.83 bits per heavy atom. The van der Waals surface area contributed by atoms with Crippen molar-refractivity contribution in [3.8, 4) is 0 Å². The van der Waals surface area contributed by atoms with Gasteiger partial charge in [0.15, 0.2) is 0 Å². The number of hydrogen-bond acceptors (Lipinski definition) is 3. The van der Waals surface area contributed by atoms with Gasteiger partial charge in [-0.15, -0.1) is 0 Å². The summed E-state index contributed by atoms with van der Waals surface area (Å²) in [6.07, 6.45) is 2.62. The second-order valence-corrected chi connectivity index (χ2v) is 4.46. The van der Waals surface area contributed by atoms with E-state index in [0.717, 1.165) is 19.6 Å². The molecule has 0 spiro atoms. The number of hydrogen-bond donors (Lipinski definition) is 2. The van der Waals surface area contributed by atoms with Gasteiger partial charge in [0.05, 0.1) is 5.60 Å². The van der Waals surface area contributed by atoms with Gasteiger partial charge in [0.1, 0.15) is 0 Å². The second-order valence-electron chi connectivity index (χ2n) is 4.46. The molecule has 3 nitrogen and oxygen atoms in total. The minimum absolute atomic E-state index is 0.404. The van der Waals surface area contributed by atoms with E-state index in [1.165, 1.54) is 19.4 Å². The van der Waals surface area contributed by atoms with E-state index in [4.69, 9.17) is 0 Å². The van der Waals surface area contributed by atoms with Crippen LogP contribution in [0.2, 0.25) is 0 Å². The topological polar surface area (TPSA) is 35.5 Å². The lowest BCUT2D eigenvalue weighted by atomic mass is 9.96. The Bertz CT molecular complexity index is 156. The van der Waals surface area contributed by atoms with E-state index in [-0.39, 0.29) is 0 Å². The van der Waals surface area contributed by atoms with Crippen LogP contribution in [0.3, 0.4) is 0 Å². The second kappa shape index (κ2) is 2.98. The molecule has 2 N–H and O–H groups in total. The van der Waals surface area contributed by atoms with Gasteiger partial charge in [-0.3, -0.25) is 4.90 Å². The lowest BCUT2D eigenvalue weighted by molar-refractivity contribution is -0.0853. The summed E-state index contributed by atoms with van der Waals surface area (Å²) in [7, 11) is 0. The van der Waals surface area contributed by atoms with Crippen LogP contribution in [-0.4, -0.2) is 47.8 Å². The molecule has 1 atom stereocenters. The highest BCUT2D eigenvalue weighted by atomic mass is 16.3. The SMILES string of the molecule is CC1(O)CN(CC2CCCN2)C1. The Morgan fingerprint density at radius 1 is 1.58 bits per heavy atom. The van der Waals surface area contributed by atoms with Gasteiger partial charge in [-0.1, -0.05) is 0 Å². The predicted molar refractivity (Wildman–Crippen MR) is 48.1 cm³/mol. The van der Waals surface area contributed by atoms with Crippen LogP contribution in [0, 0.1) is 0 Å². The van der Waals surface area contributed by atoms with E-state index in [0.29, 0.717) is 6.04 Å². The standard InChI is InChI=1S/C9H18N2O/c1-9(12)6-11(7-9)5-8-3-2-4-10-8/h8,10,12H,2-7H2,1H3. The first-order chi connectivity index (χ1) is 5.66. The summed E-state index contributed by atoms with van der Waals surface area (Å²) in [5, 5.41) is 13.0. The molecule has 0 bridgehead atoms. The van der Waals surface area contributed by atoms with Crippen molar-refractivity contribution < 1.29 is 5.11 Å². The Hall–Kier alpha value is -0.120. The fraction of sp³-hybridized carbons (Fsp3) is 1.00. The molecule has 2 saturated heterocycles. The first-order valence-electron chi connectivity index (χ1n) is 4.84. The van der Waals surface area contributed by atoms with E-state index in [1.54, 1.807) is 0 Å². The van der Waals surface area contributed by atoms with Crippen LogP contribution in [0.1, 0.15) is 19.8 Å². The number of nitrogens with zero attached hydrogens (tertiary/aromatic N) is 1. The van der Waals surface area contributed by atoms with Crippen molar-refractivity contribution in [2.75, 3.05) is 26.2 Å². The van der Waals surface area contributed by atoms with Crippen molar-refractivity contribution in [2.45, 2.75) is 31.4 Å². The van der Waals surface area contributed by atoms with Crippen LogP contribution < -0.4 is 5.32 Å². The molecule has 2 heterocycles. The summed E-state index contributed by atoms with van der Waals surface area (Å²) < 4.78 is 0. The van der Waals surface area contributed by atoms with Crippen LogP contribution in [0.4, 0.5) is 0 Å². The number of β-amino-alcohol motifs (C(OH)–C–C–N with tert-alkyl or cyclic N) is 1. The highest BCUT2D eigenvalue weighted by molar-refractivity contribution is 4.93. The van der Waals surface area contributed by atoms with Crippen molar-refractivity contribution in [3.63, 3.8) is 0 Å². The lowest BCUT2D eigenvalue weighted by Crippen LogP contribution is -2.61. The van der Waals surface area contributed by atoms with Crippen molar-refractivity contribution in [2.24, 2.45) is 0 Å². The number of aliphatic hydroxyl groups is 1. The predicted octanol–water partition coefficient (Wildman–Crippen LogP) is -0.195. The molecule has 0 aromatic rings. The maximum atomic E-state index is 9.50. The van der Waals surface area contributed by atoms with Crippen LogP contribution in [0.25, 0.3) is 0 Å². The van der Waals surface area contributed by atoms with E-state index in [1.807, 2.05) is 6.92 Å². The van der Waals surface area contributed by atoms with Gasteiger partial charge in [-0.2, -0.15) is 0 Å². The molecule has 0 amide bonds. The Kier molecular flexibility index (Phi) is 2.10. The molecule has 1 unspecified atom stereocenters. The first-order valence-corrected chi connectivity index (χ1v) is 4.84. The quantitative estimate of drug-likeness (QED) is 0.603. The first kappa shape index (κ1) is 8.48. The van der Waals surface area contributed by atoms with Crippen molar-refractivity contribution in [1.82, 2.24) is 10.2 Å². The number of rotatable bonds is 2. The molecule has 70 valence electrons.